The predicted molar refractivity (Wildman–Crippen MR) is 92.3 cm³/mol. The maximum absolute atomic E-state index is 5.50. The average molecular weight is 326 g/mol. The molecule has 5 heterocycles. The van der Waals surface area contributed by atoms with Crippen LogP contribution in [0.4, 0.5) is 0 Å². The van der Waals surface area contributed by atoms with Gasteiger partial charge in [0.1, 0.15) is 0 Å². The van der Waals surface area contributed by atoms with Crippen LogP contribution in [0.5, 0.6) is 0 Å². The summed E-state index contributed by atoms with van der Waals surface area (Å²) in [5.41, 5.74) is 2.24. The molecule has 3 aliphatic rings. The molecule has 0 unspecified atom stereocenters. The van der Waals surface area contributed by atoms with Crippen LogP contribution < -0.4 is 0 Å². The Balaban J connectivity index is 1.42. The summed E-state index contributed by atoms with van der Waals surface area (Å²) in [6.07, 6.45) is 5.47. The van der Waals surface area contributed by atoms with Gasteiger partial charge in [-0.15, -0.1) is 0 Å². The van der Waals surface area contributed by atoms with Gasteiger partial charge in [0.25, 0.3) is 0 Å². The molecule has 3 aliphatic heterocycles. The van der Waals surface area contributed by atoms with Crippen LogP contribution in [0, 0.1) is 5.92 Å². The summed E-state index contributed by atoms with van der Waals surface area (Å²) in [5, 5.41) is 4.13. The van der Waals surface area contributed by atoms with E-state index in [2.05, 4.69) is 45.1 Å². The van der Waals surface area contributed by atoms with Crippen LogP contribution in [0.3, 0.4) is 0 Å². The van der Waals surface area contributed by atoms with Gasteiger partial charge in [-0.3, -0.25) is 14.8 Å². The number of piperidine rings is 1. The summed E-state index contributed by atoms with van der Waals surface area (Å²) in [5.74, 6) is 1.76. The Labute approximate surface area is 143 Å². The minimum atomic E-state index is 0.624. The molecule has 0 saturated carbocycles. The van der Waals surface area contributed by atoms with E-state index < -0.39 is 0 Å². The van der Waals surface area contributed by atoms with Gasteiger partial charge in [0.15, 0.2) is 5.76 Å². The fourth-order valence-corrected chi connectivity index (χ4v) is 4.12. The van der Waals surface area contributed by atoms with E-state index in [0.717, 1.165) is 50.0 Å². The van der Waals surface area contributed by atoms with Crippen molar-refractivity contribution in [1.29, 1.82) is 0 Å². The Morgan fingerprint density at radius 2 is 2.08 bits per heavy atom. The highest BCUT2D eigenvalue weighted by Gasteiger charge is 2.35. The first kappa shape index (κ1) is 15.8. The van der Waals surface area contributed by atoms with Crippen LogP contribution in [0.2, 0.25) is 0 Å². The summed E-state index contributed by atoms with van der Waals surface area (Å²) >= 11 is 0. The summed E-state index contributed by atoms with van der Waals surface area (Å²) in [4.78, 5) is 9.70. The zero-order chi connectivity index (χ0) is 16.4. The van der Waals surface area contributed by atoms with Crippen LogP contribution in [0.25, 0.3) is 0 Å². The topological polar surface area (TPSA) is 45.4 Å². The molecule has 0 radical (unpaired) electrons. The van der Waals surface area contributed by atoms with Crippen molar-refractivity contribution in [3.05, 3.63) is 47.6 Å². The van der Waals surface area contributed by atoms with Gasteiger partial charge in [-0.05, 0) is 37.3 Å². The fourth-order valence-electron chi connectivity index (χ4n) is 4.12. The molecule has 24 heavy (non-hydrogen) atoms. The maximum atomic E-state index is 5.50. The van der Waals surface area contributed by atoms with Gasteiger partial charge in [0.05, 0.1) is 17.9 Å². The van der Waals surface area contributed by atoms with E-state index in [-0.39, 0.29) is 0 Å². The number of hydrogen-bond donors (Lipinski definition) is 0. The van der Waals surface area contributed by atoms with E-state index in [4.69, 9.17) is 4.52 Å². The zero-order valence-electron chi connectivity index (χ0n) is 14.4. The van der Waals surface area contributed by atoms with Crippen LogP contribution in [-0.2, 0) is 19.5 Å². The molecule has 128 valence electrons. The molecule has 0 aromatic carbocycles. The van der Waals surface area contributed by atoms with E-state index in [1.165, 1.54) is 25.1 Å². The normalized spacial score (nSPS) is 25.0. The van der Waals surface area contributed by atoms with Crippen molar-refractivity contribution >= 4 is 0 Å². The number of nitrogens with zero attached hydrogens (tertiary/aromatic N) is 4. The molecular formula is C19H26N4O. The summed E-state index contributed by atoms with van der Waals surface area (Å²) < 4.78 is 5.50. The largest absolute Gasteiger partial charge is 0.360 e. The van der Waals surface area contributed by atoms with E-state index in [9.17, 15) is 0 Å². The van der Waals surface area contributed by atoms with Crippen molar-refractivity contribution in [1.82, 2.24) is 19.9 Å². The Hall–Kier alpha value is -1.72. The first-order valence-corrected chi connectivity index (χ1v) is 9.11. The smallest absolute Gasteiger partial charge is 0.150 e. The minimum Gasteiger partial charge on any atom is -0.360 e. The number of hydrogen-bond acceptors (Lipinski definition) is 5. The molecule has 3 saturated heterocycles. The number of aromatic nitrogens is 2. The third-order valence-electron chi connectivity index (χ3n) is 5.34. The van der Waals surface area contributed by atoms with Crippen molar-refractivity contribution in [3.8, 4) is 0 Å². The number of pyridine rings is 1. The Kier molecular flexibility index (Phi) is 4.63. The highest BCUT2D eigenvalue weighted by atomic mass is 16.5. The molecule has 2 bridgehead atoms. The molecular weight excluding hydrogens is 300 g/mol. The molecule has 5 nitrogen and oxygen atoms in total. The zero-order valence-corrected chi connectivity index (χ0v) is 14.4. The van der Waals surface area contributed by atoms with Crippen LogP contribution in [0.15, 0.2) is 35.0 Å². The van der Waals surface area contributed by atoms with Gasteiger partial charge in [0.2, 0.25) is 0 Å². The number of fused-ring (bicyclic) bond motifs is 4. The van der Waals surface area contributed by atoms with Crippen LogP contribution in [-0.4, -0.2) is 45.6 Å². The first-order valence-electron chi connectivity index (χ1n) is 9.11. The van der Waals surface area contributed by atoms with Gasteiger partial charge >= 0.3 is 0 Å². The molecule has 2 aromatic heterocycles. The van der Waals surface area contributed by atoms with Crippen molar-refractivity contribution in [3.63, 3.8) is 0 Å². The molecule has 5 heteroatoms. The molecule has 2 aromatic rings. The van der Waals surface area contributed by atoms with E-state index in [1.54, 1.807) is 0 Å². The number of rotatable bonds is 5. The monoisotopic (exact) mass is 326 g/mol. The van der Waals surface area contributed by atoms with Crippen LogP contribution >= 0.6 is 0 Å². The highest BCUT2D eigenvalue weighted by Crippen LogP contribution is 2.29. The van der Waals surface area contributed by atoms with Crippen molar-refractivity contribution in [2.75, 3.05) is 19.6 Å². The molecule has 3 fully saturated rings. The molecule has 0 amide bonds. The third kappa shape index (κ3) is 3.52. The van der Waals surface area contributed by atoms with Gasteiger partial charge in [0, 0.05) is 44.5 Å². The highest BCUT2D eigenvalue weighted by molar-refractivity contribution is 5.07. The molecule has 0 spiro atoms. The molecule has 2 atom stereocenters. The Bertz CT molecular complexity index is 656. The van der Waals surface area contributed by atoms with Crippen molar-refractivity contribution in [2.24, 2.45) is 5.92 Å². The second kappa shape index (κ2) is 7.03. The Morgan fingerprint density at radius 3 is 2.88 bits per heavy atom. The Morgan fingerprint density at radius 1 is 1.12 bits per heavy atom. The third-order valence-corrected chi connectivity index (χ3v) is 5.34. The SMILES string of the molecule is CCc1cc(CN2C[C@@H]3CC[C@H](C2)N(Cc2ccccn2)C3)on1. The lowest BCUT2D eigenvalue weighted by molar-refractivity contribution is 0.121. The minimum absolute atomic E-state index is 0.624. The van der Waals surface area contributed by atoms with Crippen molar-refractivity contribution in [2.45, 2.75) is 45.3 Å². The quantitative estimate of drug-likeness (QED) is 0.845. The lowest BCUT2D eigenvalue weighted by Crippen LogP contribution is -2.43. The summed E-state index contributed by atoms with van der Waals surface area (Å²) in [6, 6.07) is 8.94. The van der Waals surface area contributed by atoms with Crippen LogP contribution in [0.1, 0.15) is 36.9 Å². The average Bonchev–Trinajstić information content (AvgIpc) is 2.88. The second-order valence-corrected chi connectivity index (χ2v) is 7.18. The summed E-state index contributed by atoms with van der Waals surface area (Å²) in [6.45, 7) is 7.44. The molecule has 5 rings (SSSR count). The number of aryl methyl sites for hydroxylation is 1. The van der Waals surface area contributed by atoms with Crippen molar-refractivity contribution < 1.29 is 4.52 Å². The molecule has 0 aliphatic carbocycles. The first-order chi connectivity index (χ1) is 11.8. The fraction of sp³-hybridized carbons (Fsp3) is 0.579. The van der Waals surface area contributed by atoms with Gasteiger partial charge < -0.3 is 4.52 Å². The molecule has 0 N–H and O–H groups in total. The lowest BCUT2D eigenvalue weighted by Gasteiger charge is -2.35. The van der Waals surface area contributed by atoms with Gasteiger partial charge in [-0.25, -0.2) is 0 Å². The summed E-state index contributed by atoms with van der Waals surface area (Å²) in [7, 11) is 0. The lowest BCUT2D eigenvalue weighted by atomic mass is 9.95. The second-order valence-electron chi connectivity index (χ2n) is 7.18. The standard InChI is InChI=1S/C19H26N4O/c1-2-16-9-19(24-21-16)14-22-10-15-6-7-18(13-22)23(11-15)12-17-5-3-4-8-20-17/h3-5,8-9,15,18H,2,6-7,10-14H2,1H3/t15-,18+/m0/s1. The maximum Gasteiger partial charge on any atom is 0.150 e. The van der Waals surface area contributed by atoms with Gasteiger partial charge in [-0.1, -0.05) is 18.1 Å². The van der Waals surface area contributed by atoms with Gasteiger partial charge in [-0.2, -0.15) is 0 Å². The van der Waals surface area contributed by atoms with E-state index in [1.807, 2.05) is 12.3 Å². The van der Waals surface area contributed by atoms with E-state index in [0.29, 0.717) is 6.04 Å². The predicted octanol–water partition coefficient (Wildman–Crippen LogP) is 2.73. The van der Waals surface area contributed by atoms with E-state index >= 15 is 0 Å².